The van der Waals surface area contributed by atoms with Gasteiger partial charge in [-0.15, -0.1) is 0 Å². The summed E-state index contributed by atoms with van der Waals surface area (Å²) in [5.41, 5.74) is 0. The van der Waals surface area contributed by atoms with E-state index in [0.717, 1.165) is 13.0 Å². The minimum Gasteiger partial charge on any atom is -0.380 e. The van der Waals surface area contributed by atoms with Crippen molar-refractivity contribution in [2.24, 2.45) is 0 Å². The molecule has 0 rings (SSSR count). The minimum atomic E-state index is 0.383. The molecule has 0 aromatic carbocycles. The molecule has 0 fully saturated rings. The molecule has 0 aliphatic heterocycles. The van der Waals surface area contributed by atoms with Crippen LogP contribution in [-0.2, 0) is 4.74 Å². The van der Waals surface area contributed by atoms with Gasteiger partial charge in [0.15, 0.2) is 0 Å². The lowest BCUT2D eigenvalue weighted by atomic mass is 10.0. The molecule has 0 saturated carbocycles. The predicted octanol–water partition coefficient (Wildman–Crippen LogP) is 3.75. The fourth-order valence-corrected chi connectivity index (χ4v) is 2.16. The smallest absolute Gasteiger partial charge is 0.0721 e. The maximum absolute atomic E-state index is 5.55. The van der Waals surface area contributed by atoms with Crippen LogP contribution in [0.25, 0.3) is 0 Å². The fourth-order valence-electron chi connectivity index (χ4n) is 2.16. The van der Waals surface area contributed by atoms with Crippen molar-refractivity contribution in [3.63, 3.8) is 0 Å². The zero-order chi connectivity index (χ0) is 12.2. The molecule has 2 nitrogen and oxygen atoms in total. The molecule has 0 amide bonds. The molecule has 0 heterocycles. The van der Waals surface area contributed by atoms with E-state index >= 15 is 0 Å². The molecule has 16 heavy (non-hydrogen) atoms. The van der Waals surface area contributed by atoms with Crippen LogP contribution in [0.1, 0.15) is 65.7 Å². The molecule has 0 aromatic heterocycles. The Kier molecular flexibility index (Phi) is 11.3. The zero-order valence-electron chi connectivity index (χ0n) is 11.7. The van der Waals surface area contributed by atoms with Crippen molar-refractivity contribution < 1.29 is 4.74 Å². The lowest BCUT2D eigenvalue weighted by molar-refractivity contribution is 0.0616. The first-order chi connectivity index (χ1) is 7.79. The van der Waals surface area contributed by atoms with Crippen molar-refractivity contribution >= 4 is 0 Å². The number of hydrogen-bond donors (Lipinski definition) is 1. The summed E-state index contributed by atoms with van der Waals surface area (Å²) >= 11 is 0. The monoisotopic (exact) mass is 229 g/mol. The molecular formula is C14H31NO. The molecule has 0 aliphatic rings. The van der Waals surface area contributed by atoms with Gasteiger partial charge in [-0.2, -0.15) is 0 Å². The molecule has 0 radical (unpaired) electrons. The molecule has 2 heteroatoms. The van der Waals surface area contributed by atoms with E-state index in [1.807, 2.05) is 7.11 Å². The highest BCUT2D eigenvalue weighted by Crippen LogP contribution is 2.12. The van der Waals surface area contributed by atoms with Crippen molar-refractivity contribution in [2.45, 2.75) is 77.9 Å². The lowest BCUT2D eigenvalue weighted by Gasteiger charge is -2.26. The van der Waals surface area contributed by atoms with E-state index in [0.29, 0.717) is 12.1 Å². The third-order valence-electron chi connectivity index (χ3n) is 3.18. The Morgan fingerprint density at radius 3 is 2.25 bits per heavy atom. The van der Waals surface area contributed by atoms with E-state index in [9.17, 15) is 0 Å². The summed E-state index contributed by atoms with van der Waals surface area (Å²) < 4.78 is 5.55. The van der Waals surface area contributed by atoms with Crippen LogP contribution in [0.5, 0.6) is 0 Å². The SMILES string of the molecule is CCCCCCC(NCCC)C(CC)OC. The predicted molar refractivity (Wildman–Crippen MR) is 71.9 cm³/mol. The molecule has 0 saturated heterocycles. The lowest BCUT2D eigenvalue weighted by Crippen LogP contribution is -2.41. The van der Waals surface area contributed by atoms with Gasteiger partial charge in [0.1, 0.15) is 0 Å². The first-order valence-corrected chi connectivity index (χ1v) is 7.06. The van der Waals surface area contributed by atoms with Crippen LogP contribution in [0.3, 0.4) is 0 Å². The highest BCUT2D eigenvalue weighted by atomic mass is 16.5. The van der Waals surface area contributed by atoms with Gasteiger partial charge in [0.25, 0.3) is 0 Å². The van der Waals surface area contributed by atoms with Gasteiger partial charge in [0.2, 0.25) is 0 Å². The average Bonchev–Trinajstić information content (AvgIpc) is 2.31. The van der Waals surface area contributed by atoms with Crippen molar-refractivity contribution in [3.05, 3.63) is 0 Å². The van der Waals surface area contributed by atoms with Gasteiger partial charge < -0.3 is 10.1 Å². The Morgan fingerprint density at radius 2 is 1.75 bits per heavy atom. The van der Waals surface area contributed by atoms with Gasteiger partial charge in [-0.3, -0.25) is 0 Å². The van der Waals surface area contributed by atoms with E-state index in [-0.39, 0.29) is 0 Å². The molecule has 98 valence electrons. The van der Waals surface area contributed by atoms with Gasteiger partial charge in [-0.1, -0.05) is 46.5 Å². The number of nitrogens with one attached hydrogen (secondary N) is 1. The van der Waals surface area contributed by atoms with Gasteiger partial charge >= 0.3 is 0 Å². The number of rotatable bonds is 11. The van der Waals surface area contributed by atoms with Crippen molar-refractivity contribution in [1.29, 1.82) is 0 Å². The number of methoxy groups -OCH3 is 1. The Balaban J connectivity index is 3.88. The van der Waals surface area contributed by atoms with Gasteiger partial charge in [0, 0.05) is 13.2 Å². The second-order valence-electron chi connectivity index (χ2n) is 4.59. The van der Waals surface area contributed by atoms with Crippen molar-refractivity contribution in [1.82, 2.24) is 5.32 Å². The standard InChI is InChI=1S/C14H31NO/c1-5-8-9-10-11-13(15-12-6-2)14(7-3)16-4/h13-15H,5-12H2,1-4H3. The molecule has 2 atom stereocenters. The second kappa shape index (κ2) is 11.4. The number of hydrogen-bond acceptors (Lipinski definition) is 2. The van der Waals surface area contributed by atoms with Gasteiger partial charge in [-0.25, -0.2) is 0 Å². The highest BCUT2D eigenvalue weighted by molar-refractivity contribution is 4.75. The summed E-state index contributed by atoms with van der Waals surface area (Å²) in [6.07, 6.45) is 9.31. The third-order valence-corrected chi connectivity index (χ3v) is 3.18. The Hall–Kier alpha value is -0.0800. The van der Waals surface area contributed by atoms with Crippen LogP contribution in [0.2, 0.25) is 0 Å². The van der Waals surface area contributed by atoms with Crippen LogP contribution in [0.15, 0.2) is 0 Å². The summed E-state index contributed by atoms with van der Waals surface area (Å²) in [7, 11) is 1.83. The molecule has 2 unspecified atom stereocenters. The van der Waals surface area contributed by atoms with Crippen molar-refractivity contribution in [2.75, 3.05) is 13.7 Å². The van der Waals surface area contributed by atoms with Gasteiger partial charge in [-0.05, 0) is 25.8 Å². The van der Waals surface area contributed by atoms with E-state index < -0.39 is 0 Å². The van der Waals surface area contributed by atoms with Crippen LogP contribution < -0.4 is 5.32 Å². The summed E-state index contributed by atoms with van der Waals surface area (Å²) in [5, 5.41) is 3.62. The third kappa shape index (κ3) is 7.24. The Morgan fingerprint density at radius 1 is 1.00 bits per heavy atom. The van der Waals surface area contributed by atoms with Crippen molar-refractivity contribution in [3.8, 4) is 0 Å². The van der Waals surface area contributed by atoms with E-state index in [1.54, 1.807) is 0 Å². The molecule has 0 bridgehead atoms. The highest BCUT2D eigenvalue weighted by Gasteiger charge is 2.17. The Labute approximate surface area is 102 Å². The Bertz CT molecular complexity index is 135. The molecule has 0 aliphatic carbocycles. The van der Waals surface area contributed by atoms with E-state index in [4.69, 9.17) is 4.74 Å². The topological polar surface area (TPSA) is 21.3 Å². The summed E-state index contributed by atoms with van der Waals surface area (Å²) in [5.74, 6) is 0. The largest absolute Gasteiger partial charge is 0.380 e. The quantitative estimate of drug-likeness (QED) is 0.545. The summed E-state index contributed by atoms with van der Waals surface area (Å²) in [6.45, 7) is 7.80. The van der Waals surface area contributed by atoms with Crippen LogP contribution in [0.4, 0.5) is 0 Å². The average molecular weight is 229 g/mol. The van der Waals surface area contributed by atoms with Crippen LogP contribution in [0, 0.1) is 0 Å². The summed E-state index contributed by atoms with van der Waals surface area (Å²) in [4.78, 5) is 0. The summed E-state index contributed by atoms with van der Waals surface area (Å²) in [6, 6.07) is 0.548. The number of unbranched alkanes of at least 4 members (excludes halogenated alkanes) is 3. The number of ether oxygens (including phenoxy) is 1. The maximum Gasteiger partial charge on any atom is 0.0721 e. The zero-order valence-corrected chi connectivity index (χ0v) is 11.7. The van der Waals surface area contributed by atoms with E-state index in [2.05, 4.69) is 26.1 Å². The molecule has 0 spiro atoms. The first kappa shape index (κ1) is 15.9. The first-order valence-electron chi connectivity index (χ1n) is 7.06. The fraction of sp³-hybridized carbons (Fsp3) is 1.00. The second-order valence-corrected chi connectivity index (χ2v) is 4.59. The van der Waals surface area contributed by atoms with Crippen LogP contribution in [-0.4, -0.2) is 25.8 Å². The maximum atomic E-state index is 5.55. The normalized spacial score (nSPS) is 15.0. The van der Waals surface area contributed by atoms with E-state index in [1.165, 1.54) is 38.5 Å². The minimum absolute atomic E-state index is 0.383. The molecular weight excluding hydrogens is 198 g/mol. The molecule has 1 N–H and O–H groups in total. The van der Waals surface area contributed by atoms with Gasteiger partial charge in [0.05, 0.1) is 6.10 Å². The van der Waals surface area contributed by atoms with Crippen LogP contribution >= 0.6 is 0 Å². The molecule has 0 aromatic rings.